The van der Waals surface area contributed by atoms with Gasteiger partial charge in [0.1, 0.15) is 17.2 Å². The zero-order chi connectivity index (χ0) is 20.2. The number of carbonyl (C=O) groups excluding carboxylic acids is 1. The summed E-state index contributed by atoms with van der Waals surface area (Å²) in [5.74, 6) is 2.04. The maximum atomic E-state index is 12.4. The molecule has 8 heteroatoms. The fourth-order valence-corrected chi connectivity index (χ4v) is 2.73. The zero-order valence-corrected chi connectivity index (χ0v) is 15.5. The third-order valence-electron chi connectivity index (χ3n) is 4.27. The quantitative estimate of drug-likeness (QED) is 0.662. The number of fused-ring (bicyclic) bond motifs is 1. The normalized spacial score (nSPS) is 11.8. The number of hydrogen-bond donors (Lipinski definition) is 2. The van der Waals surface area contributed by atoms with Gasteiger partial charge in [0.25, 0.3) is 5.91 Å². The van der Waals surface area contributed by atoms with Crippen LogP contribution in [0.2, 0.25) is 0 Å². The molecule has 0 saturated carbocycles. The number of nitrogens with zero attached hydrogens (tertiary/aromatic N) is 1. The van der Waals surface area contributed by atoms with Gasteiger partial charge in [-0.3, -0.25) is 4.79 Å². The third kappa shape index (κ3) is 4.16. The number of aromatic hydroxyl groups is 1. The van der Waals surface area contributed by atoms with Gasteiger partial charge >= 0.3 is 0 Å². The summed E-state index contributed by atoms with van der Waals surface area (Å²) in [5, 5.41) is 12.8. The monoisotopic (exact) mass is 394 g/mol. The average molecular weight is 394 g/mol. The molecule has 1 aliphatic rings. The number of rotatable bonds is 6. The van der Waals surface area contributed by atoms with Crippen molar-refractivity contribution >= 4 is 5.91 Å². The van der Waals surface area contributed by atoms with E-state index in [-0.39, 0.29) is 24.7 Å². The van der Waals surface area contributed by atoms with Crippen LogP contribution >= 0.6 is 0 Å². The lowest BCUT2D eigenvalue weighted by atomic mass is 10.1. The number of aromatic nitrogens is 1. The van der Waals surface area contributed by atoms with Gasteiger partial charge in [0.2, 0.25) is 12.7 Å². The Kier molecular flexibility index (Phi) is 5.07. The molecular weight excluding hydrogens is 376 g/mol. The van der Waals surface area contributed by atoms with E-state index >= 15 is 0 Å². The van der Waals surface area contributed by atoms with Crippen LogP contribution < -0.4 is 24.3 Å². The molecule has 0 unspecified atom stereocenters. The topological polar surface area (TPSA) is 99.1 Å². The van der Waals surface area contributed by atoms with Crippen molar-refractivity contribution in [1.29, 1.82) is 0 Å². The van der Waals surface area contributed by atoms with Crippen molar-refractivity contribution in [3.8, 4) is 34.6 Å². The van der Waals surface area contributed by atoms with Gasteiger partial charge in [-0.15, -0.1) is 0 Å². The lowest BCUT2D eigenvalue weighted by Gasteiger charge is -2.09. The summed E-state index contributed by atoms with van der Waals surface area (Å²) in [7, 11) is 1.60. The van der Waals surface area contributed by atoms with Crippen LogP contribution in [0.15, 0.2) is 54.7 Å². The van der Waals surface area contributed by atoms with Crippen LogP contribution in [0.3, 0.4) is 0 Å². The fraction of sp³-hybridized carbons (Fsp3) is 0.143. The molecule has 148 valence electrons. The summed E-state index contributed by atoms with van der Waals surface area (Å²) in [4.78, 5) is 16.6. The molecule has 29 heavy (non-hydrogen) atoms. The van der Waals surface area contributed by atoms with Crippen molar-refractivity contribution in [2.24, 2.45) is 0 Å². The van der Waals surface area contributed by atoms with E-state index in [0.717, 1.165) is 11.3 Å². The molecule has 0 radical (unpaired) electrons. The van der Waals surface area contributed by atoms with Gasteiger partial charge in [-0.05, 0) is 29.8 Å². The Morgan fingerprint density at radius 1 is 1.10 bits per heavy atom. The second kappa shape index (κ2) is 7.97. The van der Waals surface area contributed by atoms with Crippen LogP contribution in [0.5, 0.6) is 34.6 Å². The van der Waals surface area contributed by atoms with Gasteiger partial charge in [-0.1, -0.05) is 6.07 Å². The summed E-state index contributed by atoms with van der Waals surface area (Å²) in [5.41, 5.74) is 0.891. The SMILES string of the molecule is COc1ccc(Oc2ccc(CNC(=O)c3cc4c(cc3O)OCO4)cn2)cc1. The maximum Gasteiger partial charge on any atom is 0.255 e. The van der Waals surface area contributed by atoms with Crippen LogP contribution in [0.25, 0.3) is 0 Å². The molecule has 2 heterocycles. The van der Waals surface area contributed by atoms with E-state index in [1.807, 2.05) is 0 Å². The third-order valence-corrected chi connectivity index (χ3v) is 4.27. The zero-order valence-electron chi connectivity index (χ0n) is 15.5. The number of phenolic OH excluding ortho intramolecular Hbond substituents is 1. The number of hydrogen-bond acceptors (Lipinski definition) is 7. The van der Waals surface area contributed by atoms with E-state index in [1.165, 1.54) is 12.1 Å². The first-order valence-electron chi connectivity index (χ1n) is 8.80. The lowest BCUT2D eigenvalue weighted by molar-refractivity contribution is 0.0948. The highest BCUT2D eigenvalue weighted by molar-refractivity contribution is 5.97. The van der Waals surface area contributed by atoms with Crippen molar-refractivity contribution in [1.82, 2.24) is 10.3 Å². The Morgan fingerprint density at radius 2 is 1.83 bits per heavy atom. The highest BCUT2D eigenvalue weighted by atomic mass is 16.7. The Labute approximate surface area is 166 Å². The van der Waals surface area contributed by atoms with Crippen molar-refractivity contribution in [3.05, 3.63) is 65.9 Å². The van der Waals surface area contributed by atoms with E-state index in [1.54, 1.807) is 49.7 Å². The van der Waals surface area contributed by atoms with E-state index in [2.05, 4.69) is 10.3 Å². The summed E-state index contributed by atoms with van der Waals surface area (Å²) in [6.45, 7) is 0.305. The summed E-state index contributed by atoms with van der Waals surface area (Å²) >= 11 is 0. The molecule has 3 aromatic rings. The number of pyridine rings is 1. The van der Waals surface area contributed by atoms with Crippen LogP contribution in [-0.4, -0.2) is 29.9 Å². The number of amides is 1. The first-order chi connectivity index (χ1) is 14.1. The number of ether oxygens (including phenoxy) is 4. The minimum Gasteiger partial charge on any atom is -0.507 e. The number of methoxy groups -OCH3 is 1. The number of nitrogens with one attached hydrogen (secondary N) is 1. The van der Waals surface area contributed by atoms with Gasteiger partial charge in [-0.2, -0.15) is 0 Å². The maximum absolute atomic E-state index is 12.4. The Bertz CT molecular complexity index is 1020. The molecule has 0 spiro atoms. The number of benzene rings is 2. The van der Waals surface area contributed by atoms with Crippen molar-refractivity contribution in [2.75, 3.05) is 13.9 Å². The van der Waals surface area contributed by atoms with Crippen LogP contribution in [0.4, 0.5) is 0 Å². The average Bonchev–Trinajstić information content (AvgIpc) is 3.20. The van der Waals surface area contributed by atoms with Gasteiger partial charge in [-0.25, -0.2) is 4.98 Å². The van der Waals surface area contributed by atoms with Crippen molar-refractivity contribution in [3.63, 3.8) is 0 Å². The number of carbonyl (C=O) groups is 1. The molecule has 0 atom stereocenters. The van der Waals surface area contributed by atoms with Gasteiger partial charge < -0.3 is 29.4 Å². The van der Waals surface area contributed by atoms with E-state index in [0.29, 0.717) is 23.1 Å². The molecule has 8 nitrogen and oxygen atoms in total. The smallest absolute Gasteiger partial charge is 0.255 e. The van der Waals surface area contributed by atoms with Crippen LogP contribution in [0.1, 0.15) is 15.9 Å². The van der Waals surface area contributed by atoms with Gasteiger partial charge in [0.05, 0.1) is 12.7 Å². The molecule has 0 fully saturated rings. The molecule has 2 N–H and O–H groups in total. The minimum absolute atomic E-state index is 0.0659. The van der Waals surface area contributed by atoms with E-state index < -0.39 is 5.91 Å². The second-order valence-corrected chi connectivity index (χ2v) is 6.19. The molecule has 1 aliphatic heterocycles. The first kappa shape index (κ1) is 18.4. The minimum atomic E-state index is -0.431. The van der Waals surface area contributed by atoms with E-state index in [4.69, 9.17) is 18.9 Å². The van der Waals surface area contributed by atoms with Crippen LogP contribution in [0, 0.1) is 0 Å². The summed E-state index contributed by atoms with van der Waals surface area (Å²) in [6.07, 6.45) is 1.61. The summed E-state index contributed by atoms with van der Waals surface area (Å²) < 4.78 is 21.2. The van der Waals surface area contributed by atoms with Gasteiger partial charge in [0, 0.05) is 30.9 Å². The fourth-order valence-electron chi connectivity index (χ4n) is 2.73. The van der Waals surface area contributed by atoms with Gasteiger partial charge in [0.15, 0.2) is 11.5 Å². The molecule has 1 amide bonds. The lowest BCUT2D eigenvalue weighted by Crippen LogP contribution is -2.22. The Morgan fingerprint density at radius 3 is 2.52 bits per heavy atom. The second-order valence-electron chi connectivity index (χ2n) is 6.19. The molecule has 4 rings (SSSR count). The Hall–Kier alpha value is -3.94. The van der Waals surface area contributed by atoms with Crippen LogP contribution in [-0.2, 0) is 6.54 Å². The predicted molar refractivity (Wildman–Crippen MR) is 103 cm³/mol. The standard InChI is InChI=1S/C21H18N2O6/c1-26-14-3-5-15(6-4-14)29-20-7-2-13(10-22-20)11-23-21(25)16-8-18-19(9-17(16)24)28-12-27-18/h2-10,24H,11-12H2,1H3,(H,23,25). The molecule has 2 aromatic carbocycles. The predicted octanol–water partition coefficient (Wildman–Crippen LogP) is 3.25. The largest absolute Gasteiger partial charge is 0.507 e. The highest BCUT2D eigenvalue weighted by Crippen LogP contribution is 2.37. The van der Waals surface area contributed by atoms with E-state index in [9.17, 15) is 9.90 Å². The molecule has 1 aromatic heterocycles. The van der Waals surface area contributed by atoms with Crippen molar-refractivity contribution < 1.29 is 28.8 Å². The summed E-state index contributed by atoms with van der Waals surface area (Å²) in [6, 6.07) is 13.5. The molecule has 0 bridgehead atoms. The Balaban J connectivity index is 1.36. The molecule has 0 aliphatic carbocycles. The molecule has 0 saturated heterocycles. The van der Waals surface area contributed by atoms with Crippen molar-refractivity contribution in [2.45, 2.75) is 6.54 Å². The first-order valence-corrected chi connectivity index (χ1v) is 8.80. The highest BCUT2D eigenvalue weighted by Gasteiger charge is 2.20. The molecular formula is C21H18N2O6. The number of phenols is 1.